The fraction of sp³-hybridized carbons (Fsp3) is 0.263. The van der Waals surface area contributed by atoms with Gasteiger partial charge < -0.3 is 10.2 Å². The van der Waals surface area contributed by atoms with Crippen LogP contribution in [0.3, 0.4) is 0 Å². The minimum atomic E-state index is -0.237. The first-order valence-electron chi connectivity index (χ1n) is 9.38. The second-order valence-electron chi connectivity index (χ2n) is 6.93. The van der Waals surface area contributed by atoms with Gasteiger partial charge in [0.25, 0.3) is 11.8 Å². The van der Waals surface area contributed by atoms with Crippen molar-refractivity contribution >= 4 is 23.1 Å². The van der Waals surface area contributed by atoms with E-state index in [1.165, 1.54) is 9.03 Å². The Balaban J connectivity index is 1.33. The highest BCUT2D eigenvalue weighted by Gasteiger charge is 2.27. The Labute approximate surface area is 165 Å². The van der Waals surface area contributed by atoms with Crippen molar-refractivity contribution in [1.29, 1.82) is 0 Å². The molecule has 5 heterocycles. The van der Waals surface area contributed by atoms with Gasteiger partial charge in [-0.05, 0) is 25.0 Å². The van der Waals surface area contributed by atoms with Gasteiger partial charge in [-0.1, -0.05) is 0 Å². The smallest absolute Gasteiger partial charge is 0.272 e. The Morgan fingerprint density at radius 2 is 1.55 bits per heavy atom. The molecule has 1 saturated heterocycles. The van der Waals surface area contributed by atoms with Crippen LogP contribution in [-0.2, 0) is 0 Å². The molecule has 1 atom stereocenters. The fourth-order valence-electron chi connectivity index (χ4n) is 3.70. The van der Waals surface area contributed by atoms with Crippen molar-refractivity contribution in [1.82, 2.24) is 39.4 Å². The Hall–Kier alpha value is -3.82. The van der Waals surface area contributed by atoms with E-state index in [9.17, 15) is 9.59 Å². The number of piperidine rings is 1. The Morgan fingerprint density at radius 3 is 2.28 bits per heavy atom. The van der Waals surface area contributed by atoms with Crippen LogP contribution in [0.15, 0.2) is 49.1 Å². The SMILES string of the molecule is O=C(N[C@@H]1CCCN(C(=O)c2ccnc3ccnn23)C1)c1ccnc2ccnn12. The number of carbonyl (C=O) groups is 2. The summed E-state index contributed by atoms with van der Waals surface area (Å²) < 4.78 is 3.04. The predicted octanol–water partition coefficient (Wildman–Crippen LogP) is 0.807. The molecule has 0 bridgehead atoms. The average molecular weight is 390 g/mol. The van der Waals surface area contributed by atoms with Crippen molar-refractivity contribution in [3.63, 3.8) is 0 Å². The normalized spacial score (nSPS) is 17.0. The highest BCUT2D eigenvalue weighted by atomic mass is 16.2. The van der Waals surface area contributed by atoms with Crippen LogP contribution in [0.4, 0.5) is 0 Å². The molecule has 10 heteroatoms. The van der Waals surface area contributed by atoms with Crippen molar-refractivity contribution in [2.75, 3.05) is 13.1 Å². The highest BCUT2D eigenvalue weighted by Crippen LogP contribution is 2.15. The molecule has 1 aliphatic rings. The van der Waals surface area contributed by atoms with Crippen LogP contribution in [0.5, 0.6) is 0 Å². The van der Waals surface area contributed by atoms with Gasteiger partial charge in [-0.2, -0.15) is 10.2 Å². The van der Waals surface area contributed by atoms with E-state index >= 15 is 0 Å². The molecule has 1 aliphatic heterocycles. The van der Waals surface area contributed by atoms with Gasteiger partial charge in [0.2, 0.25) is 0 Å². The predicted molar refractivity (Wildman–Crippen MR) is 102 cm³/mol. The summed E-state index contributed by atoms with van der Waals surface area (Å²) in [5.74, 6) is -0.364. The number of aromatic nitrogens is 6. The lowest BCUT2D eigenvalue weighted by molar-refractivity contribution is 0.0667. The largest absolute Gasteiger partial charge is 0.346 e. The lowest BCUT2D eigenvalue weighted by Crippen LogP contribution is -2.50. The number of nitrogens with zero attached hydrogens (tertiary/aromatic N) is 7. The maximum Gasteiger partial charge on any atom is 0.272 e. The number of hydrogen-bond donors (Lipinski definition) is 1. The molecule has 4 aromatic heterocycles. The summed E-state index contributed by atoms with van der Waals surface area (Å²) in [6, 6.07) is 6.64. The highest BCUT2D eigenvalue weighted by molar-refractivity contribution is 5.94. The van der Waals surface area contributed by atoms with Crippen molar-refractivity contribution in [2.45, 2.75) is 18.9 Å². The second kappa shape index (κ2) is 6.97. The molecule has 0 aromatic carbocycles. The third-order valence-corrected chi connectivity index (χ3v) is 5.08. The first kappa shape index (κ1) is 17.3. The van der Waals surface area contributed by atoms with Crippen LogP contribution in [0.2, 0.25) is 0 Å². The van der Waals surface area contributed by atoms with Crippen LogP contribution in [0, 0.1) is 0 Å². The number of hydrogen-bond acceptors (Lipinski definition) is 6. The summed E-state index contributed by atoms with van der Waals surface area (Å²) in [6.45, 7) is 1.07. The van der Waals surface area contributed by atoms with Gasteiger partial charge in [0.05, 0.1) is 12.4 Å². The Bertz CT molecular complexity index is 1210. The first-order valence-corrected chi connectivity index (χ1v) is 9.38. The van der Waals surface area contributed by atoms with Gasteiger partial charge in [-0.25, -0.2) is 19.0 Å². The summed E-state index contributed by atoms with van der Waals surface area (Å²) in [4.78, 5) is 36.0. The summed E-state index contributed by atoms with van der Waals surface area (Å²) >= 11 is 0. The number of carbonyl (C=O) groups excluding carboxylic acids is 2. The average Bonchev–Trinajstić information content (AvgIpc) is 3.42. The molecule has 0 spiro atoms. The fourth-order valence-corrected chi connectivity index (χ4v) is 3.70. The zero-order chi connectivity index (χ0) is 19.8. The van der Waals surface area contributed by atoms with Gasteiger partial charge in [0, 0.05) is 43.7 Å². The molecule has 0 radical (unpaired) electrons. The molecular formula is C19H18N8O2. The molecule has 0 aliphatic carbocycles. The maximum absolute atomic E-state index is 13.1. The summed E-state index contributed by atoms with van der Waals surface area (Å²) in [5.41, 5.74) is 2.10. The summed E-state index contributed by atoms with van der Waals surface area (Å²) in [7, 11) is 0. The van der Waals surface area contributed by atoms with Gasteiger partial charge >= 0.3 is 0 Å². The van der Waals surface area contributed by atoms with Crippen molar-refractivity contribution in [3.8, 4) is 0 Å². The van der Waals surface area contributed by atoms with E-state index < -0.39 is 0 Å². The third kappa shape index (κ3) is 3.08. The van der Waals surface area contributed by atoms with Crippen molar-refractivity contribution < 1.29 is 9.59 Å². The number of amides is 2. The minimum absolute atomic E-state index is 0.126. The van der Waals surface area contributed by atoms with E-state index in [1.54, 1.807) is 54.0 Å². The number of nitrogens with one attached hydrogen (secondary N) is 1. The quantitative estimate of drug-likeness (QED) is 0.554. The molecule has 146 valence electrons. The molecule has 29 heavy (non-hydrogen) atoms. The topological polar surface area (TPSA) is 110 Å². The Morgan fingerprint density at radius 1 is 0.897 bits per heavy atom. The van der Waals surface area contributed by atoms with E-state index in [0.29, 0.717) is 35.8 Å². The van der Waals surface area contributed by atoms with Crippen LogP contribution in [-0.4, -0.2) is 65.0 Å². The molecule has 4 aromatic rings. The Kier molecular flexibility index (Phi) is 4.15. The van der Waals surface area contributed by atoms with E-state index in [1.807, 2.05) is 0 Å². The molecule has 5 rings (SSSR count). The maximum atomic E-state index is 13.1. The van der Waals surface area contributed by atoms with Crippen LogP contribution < -0.4 is 5.32 Å². The lowest BCUT2D eigenvalue weighted by Gasteiger charge is -2.33. The molecule has 2 amide bonds. The molecular weight excluding hydrogens is 372 g/mol. The zero-order valence-corrected chi connectivity index (χ0v) is 15.5. The standard InChI is InChI=1S/C19H18N8O2/c28-18(14-3-7-20-16-5-9-22-26(14)16)24-13-2-1-11-25(12-13)19(29)15-4-8-21-17-6-10-23-27(15)17/h3-10,13H,1-2,11-12H2,(H,24,28)/t13-/m1/s1. The van der Waals surface area contributed by atoms with Crippen LogP contribution >= 0.6 is 0 Å². The van der Waals surface area contributed by atoms with Crippen LogP contribution in [0.25, 0.3) is 11.3 Å². The number of likely N-dealkylation sites (tertiary alicyclic amines) is 1. The van der Waals surface area contributed by atoms with Crippen molar-refractivity contribution in [2.24, 2.45) is 0 Å². The van der Waals surface area contributed by atoms with Gasteiger partial charge in [0.15, 0.2) is 11.3 Å². The van der Waals surface area contributed by atoms with Gasteiger partial charge in [-0.15, -0.1) is 0 Å². The molecule has 10 nitrogen and oxygen atoms in total. The van der Waals surface area contributed by atoms with Gasteiger partial charge in [0.1, 0.15) is 11.4 Å². The molecule has 0 saturated carbocycles. The van der Waals surface area contributed by atoms with Crippen molar-refractivity contribution in [3.05, 3.63) is 60.4 Å². The van der Waals surface area contributed by atoms with Gasteiger partial charge in [-0.3, -0.25) is 9.59 Å². The van der Waals surface area contributed by atoms with Crippen LogP contribution in [0.1, 0.15) is 33.8 Å². The monoisotopic (exact) mass is 390 g/mol. The summed E-state index contributed by atoms with van der Waals surface area (Å²) in [6.07, 6.45) is 8.01. The van der Waals surface area contributed by atoms with E-state index in [0.717, 1.165) is 12.8 Å². The number of fused-ring (bicyclic) bond motifs is 2. The second-order valence-corrected chi connectivity index (χ2v) is 6.93. The number of rotatable bonds is 3. The molecule has 0 unspecified atom stereocenters. The minimum Gasteiger partial charge on any atom is -0.346 e. The summed E-state index contributed by atoms with van der Waals surface area (Å²) in [5, 5.41) is 11.4. The lowest BCUT2D eigenvalue weighted by atomic mass is 10.0. The molecule has 1 N–H and O–H groups in total. The van der Waals surface area contributed by atoms with E-state index in [4.69, 9.17) is 0 Å². The third-order valence-electron chi connectivity index (χ3n) is 5.08. The van der Waals surface area contributed by atoms with E-state index in [2.05, 4.69) is 25.5 Å². The van der Waals surface area contributed by atoms with E-state index in [-0.39, 0.29) is 17.9 Å². The zero-order valence-electron chi connectivity index (χ0n) is 15.5. The molecule has 1 fully saturated rings. The first-order chi connectivity index (χ1) is 14.2.